The van der Waals surface area contributed by atoms with E-state index in [1.165, 1.54) is 11.3 Å². The van der Waals surface area contributed by atoms with E-state index in [0.717, 1.165) is 22.1 Å². The first-order valence-electron chi connectivity index (χ1n) is 4.78. The number of rotatable bonds is 1. The first kappa shape index (κ1) is 10.2. The molecule has 3 heteroatoms. The summed E-state index contributed by atoms with van der Waals surface area (Å²) in [7, 11) is 0. The fourth-order valence-corrected chi connectivity index (χ4v) is 2.84. The minimum Gasteiger partial charge on any atom is -0.380 e. The van der Waals surface area contributed by atoms with E-state index in [0.29, 0.717) is 5.92 Å². The molecule has 1 aliphatic rings. The first-order chi connectivity index (χ1) is 6.60. The minimum absolute atomic E-state index is 0.575. The zero-order valence-electron chi connectivity index (χ0n) is 8.03. The molecule has 1 N–H and O–H groups in total. The first-order valence-corrected chi connectivity index (χ1v) is 5.97. The van der Waals surface area contributed by atoms with E-state index in [4.69, 9.17) is 11.6 Å². The van der Waals surface area contributed by atoms with Crippen molar-refractivity contribution in [1.29, 1.82) is 0 Å². The molecular formula is C11H13ClOS. The van der Waals surface area contributed by atoms with Gasteiger partial charge in [-0.15, -0.1) is 11.3 Å². The van der Waals surface area contributed by atoms with Gasteiger partial charge in [0.15, 0.2) is 0 Å². The summed E-state index contributed by atoms with van der Waals surface area (Å²) in [5.74, 6) is 0.575. The second kappa shape index (κ2) is 3.69. The summed E-state index contributed by atoms with van der Waals surface area (Å²) in [6.45, 7) is 2.16. The van der Waals surface area contributed by atoms with Gasteiger partial charge in [0.25, 0.3) is 0 Å². The molecule has 0 aliphatic heterocycles. The Kier molecular flexibility index (Phi) is 2.69. The molecule has 1 aliphatic carbocycles. The zero-order chi connectivity index (χ0) is 10.2. The van der Waals surface area contributed by atoms with Crippen molar-refractivity contribution >= 4 is 22.9 Å². The van der Waals surface area contributed by atoms with Crippen LogP contribution in [0.25, 0.3) is 0 Å². The van der Waals surface area contributed by atoms with E-state index in [2.05, 4.69) is 13.0 Å². The summed E-state index contributed by atoms with van der Waals surface area (Å²) in [6, 6.07) is 3.75. The van der Waals surface area contributed by atoms with Crippen LogP contribution in [0, 0.1) is 5.92 Å². The van der Waals surface area contributed by atoms with Gasteiger partial charge in [-0.05, 0) is 30.9 Å². The quantitative estimate of drug-likeness (QED) is 0.729. The SMILES string of the molecule is CC1C=CC(O)(c2ccc(Cl)s2)CC1. The van der Waals surface area contributed by atoms with E-state index >= 15 is 0 Å². The fourth-order valence-electron chi connectivity index (χ4n) is 1.70. The molecule has 0 spiro atoms. The summed E-state index contributed by atoms with van der Waals surface area (Å²) >= 11 is 7.31. The Morgan fingerprint density at radius 1 is 1.57 bits per heavy atom. The van der Waals surface area contributed by atoms with Crippen LogP contribution < -0.4 is 0 Å². The molecule has 76 valence electrons. The lowest BCUT2D eigenvalue weighted by Gasteiger charge is -2.28. The van der Waals surface area contributed by atoms with Crippen molar-refractivity contribution in [2.24, 2.45) is 5.92 Å². The van der Waals surface area contributed by atoms with Crippen LogP contribution in [-0.2, 0) is 5.60 Å². The summed E-state index contributed by atoms with van der Waals surface area (Å²) in [5.41, 5.74) is -0.773. The predicted molar refractivity (Wildman–Crippen MR) is 60.8 cm³/mol. The lowest BCUT2D eigenvalue weighted by Crippen LogP contribution is -2.25. The van der Waals surface area contributed by atoms with Crippen LogP contribution in [0.4, 0.5) is 0 Å². The third kappa shape index (κ3) is 1.88. The highest BCUT2D eigenvalue weighted by molar-refractivity contribution is 7.16. The Hall–Kier alpha value is -0.310. The standard InChI is InChI=1S/C11H13ClOS/c1-8-4-6-11(13,7-5-8)9-2-3-10(12)14-9/h2-4,6,8,13H,5,7H2,1H3. The van der Waals surface area contributed by atoms with Gasteiger partial charge < -0.3 is 5.11 Å². The molecule has 2 rings (SSSR count). The van der Waals surface area contributed by atoms with Gasteiger partial charge in [0.2, 0.25) is 0 Å². The van der Waals surface area contributed by atoms with Crippen LogP contribution in [0.15, 0.2) is 24.3 Å². The molecule has 2 unspecified atom stereocenters. The third-order valence-electron chi connectivity index (χ3n) is 2.68. The molecule has 0 saturated heterocycles. The Labute approximate surface area is 93.0 Å². The lowest BCUT2D eigenvalue weighted by atomic mass is 9.85. The molecular weight excluding hydrogens is 216 g/mol. The van der Waals surface area contributed by atoms with Crippen LogP contribution in [-0.4, -0.2) is 5.11 Å². The Morgan fingerprint density at radius 2 is 2.36 bits per heavy atom. The van der Waals surface area contributed by atoms with Gasteiger partial charge in [-0.3, -0.25) is 0 Å². The molecule has 1 aromatic rings. The molecule has 1 nitrogen and oxygen atoms in total. The van der Waals surface area contributed by atoms with E-state index in [1.54, 1.807) is 0 Å². The van der Waals surface area contributed by atoms with Crippen molar-refractivity contribution in [3.05, 3.63) is 33.5 Å². The predicted octanol–water partition coefficient (Wildman–Crippen LogP) is 3.58. The van der Waals surface area contributed by atoms with E-state index in [9.17, 15) is 5.11 Å². The molecule has 2 atom stereocenters. The summed E-state index contributed by atoms with van der Waals surface area (Å²) < 4.78 is 0.737. The van der Waals surface area contributed by atoms with Gasteiger partial charge in [-0.1, -0.05) is 30.7 Å². The fraction of sp³-hybridized carbons (Fsp3) is 0.455. The number of aliphatic hydroxyl groups is 1. The average molecular weight is 229 g/mol. The monoisotopic (exact) mass is 228 g/mol. The van der Waals surface area contributed by atoms with Gasteiger partial charge in [0, 0.05) is 4.88 Å². The zero-order valence-corrected chi connectivity index (χ0v) is 9.61. The van der Waals surface area contributed by atoms with Crippen LogP contribution in [0.2, 0.25) is 4.34 Å². The number of allylic oxidation sites excluding steroid dienone is 1. The maximum absolute atomic E-state index is 10.3. The van der Waals surface area contributed by atoms with E-state index in [-0.39, 0.29) is 0 Å². The van der Waals surface area contributed by atoms with Crippen molar-refractivity contribution in [2.75, 3.05) is 0 Å². The Morgan fingerprint density at radius 3 is 2.86 bits per heavy atom. The van der Waals surface area contributed by atoms with Gasteiger partial charge in [-0.25, -0.2) is 0 Å². The molecule has 1 aromatic heterocycles. The van der Waals surface area contributed by atoms with Crippen LogP contribution in [0.5, 0.6) is 0 Å². The van der Waals surface area contributed by atoms with Gasteiger partial charge >= 0.3 is 0 Å². The number of hydrogen-bond donors (Lipinski definition) is 1. The van der Waals surface area contributed by atoms with Crippen molar-refractivity contribution in [3.63, 3.8) is 0 Å². The largest absolute Gasteiger partial charge is 0.380 e. The Bertz CT molecular complexity index is 358. The van der Waals surface area contributed by atoms with Crippen molar-refractivity contribution in [3.8, 4) is 0 Å². The van der Waals surface area contributed by atoms with Gasteiger partial charge in [0.1, 0.15) is 5.60 Å². The topological polar surface area (TPSA) is 20.2 Å². The number of hydrogen-bond acceptors (Lipinski definition) is 2. The molecule has 1 heterocycles. The molecule has 0 bridgehead atoms. The average Bonchev–Trinajstić information content (AvgIpc) is 2.58. The van der Waals surface area contributed by atoms with Crippen molar-refractivity contribution < 1.29 is 5.11 Å². The van der Waals surface area contributed by atoms with Crippen LogP contribution in [0.1, 0.15) is 24.6 Å². The smallest absolute Gasteiger partial charge is 0.117 e. The summed E-state index contributed by atoms with van der Waals surface area (Å²) in [5, 5.41) is 10.3. The summed E-state index contributed by atoms with van der Waals surface area (Å²) in [6.07, 6.45) is 5.81. The van der Waals surface area contributed by atoms with Crippen LogP contribution >= 0.6 is 22.9 Å². The maximum Gasteiger partial charge on any atom is 0.117 e. The second-order valence-corrected chi connectivity index (χ2v) is 5.62. The van der Waals surface area contributed by atoms with Crippen molar-refractivity contribution in [1.82, 2.24) is 0 Å². The number of thiophene rings is 1. The maximum atomic E-state index is 10.3. The number of halogens is 1. The molecule has 0 saturated carbocycles. The highest BCUT2D eigenvalue weighted by Gasteiger charge is 2.30. The van der Waals surface area contributed by atoms with Crippen LogP contribution in [0.3, 0.4) is 0 Å². The third-order valence-corrected chi connectivity index (χ3v) is 4.08. The molecule has 0 radical (unpaired) electrons. The van der Waals surface area contributed by atoms with E-state index in [1.807, 2.05) is 18.2 Å². The molecule has 0 amide bonds. The molecule has 0 aromatic carbocycles. The Balaban J connectivity index is 2.29. The van der Waals surface area contributed by atoms with Gasteiger partial charge in [-0.2, -0.15) is 0 Å². The van der Waals surface area contributed by atoms with Gasteiger partial charge in [0.05, 0.1) is 4.34 Å². The molecule has 0 fully saturated rings. The van der Waals surface area contributed by atoms with E-state index < -0.39 is 5.60 Å². The summed E-state index contributed by atoms with van der Waals surface area (Å²) in [4.78, 5) is 0.950. The van der Waals surface area contributed by atoms with Crippen molar-refractivity contribution in [2.45, 2.75) is 25.4 Å². The highest BCUT2D eigenvalue weighted by Crippen LogP contribution is 2.38. The lowest BCUT2D eigenvalue weighted by molar-refractivity contribution is 0.0710. The second-order valence-electron chi connectivity index (χ2n) is 3.90. The highest BCUT2D eigenvalue weighted by atomic mass is 35.5. The normalized spacial score (nSPS) is 32.1. The molecule has 14 heavy (non-hydrogen) atoms. The minimum atomic E-state index is -0.773.